The van der Waals surface area contributed by atoms with Crippen LogP contribution in [0.5, 0.6) is 0 Å². The van der Waals surface area contributed by atoms with Crippen LogP contribution in [0.25, 0.3) is 0 Å². The zero-order chi connectivity index (χ0) is 33.3. The summed E-state index contributed by atoms with van der Waals surface area (Å²) in [6.45, 7) is 5.31. The number of nitrogens with one attached hydrogen (secondary N) is 2. The van der Waals surface area contributed by atoms with Gasteiger partial charge in [-0.2, -0.15) is 18.4 Å². The molecule has 13 heteroatoms. The molecule has 0 bridgehead atoms. The van der Waals surface area contributed by atoms with E-state index < -0.39 is 64.4 Å². The van der Waals surface area contributed by atoms with Gasteiger partial charge in [0, 0.05) is 25.7 Å². The van der Waals surface area contributed by atoms with Crippen LogP contribution in [0.15, 0.2) is 42.5 Å². The Labute approximate surface area is 258 Å². The fourth-order valence-electron chi connectivity index (χ4n) is 6.18. The molecule has 4 amide bonds. The number of likely N-dealkylation sites (tertiary alicyclic amines) is 1. The van der Waals surface area contributed by atoms with Gasteiger partial charge >= 0.3 is 6.18 Å². The molecule has 2 aromatic rings. The summed E-state index contributed by atoms with van der Waals surface area (Å²) in [5, 5.41) is 15.2. The third kappa shape index (κ3) is 6.50. The Kier molecular flexibility index (Phi) is 9.56. The van der Waals surface area contributed by atoms with Crippen LogP contribution in [0.1, 0.15) is 67.9 Å². The summed E-state index contributed by atoms with van der Waals surface area (Å²) in [7, 11) is 1.37. The summed E-state index contributed by atoms with van der Waals surface area (Å²) in [6.07, 6.45) is -4.37. The third-order valence-corrected chi connectivity index (χ3v) is 8.42. The van der Waals surface area contributed by atoms with Crippen LogP contribution in [-0.4, -0.2) is 65.1 Å². The molecule has 0 unspecified atom stereocenters. The number of likely N-dealkylation sites (N-methyl/N-ethyl adjacent to an activating group) is 1. The molecule has 2 aromatic carbocycles. The molecule has 9 nitrogen and oxygen atoms in total. The van der Waals surface area contributed by atoms with Crippen molar-refractivity contribution in [2.45, 2.75) is 76.2 Å². The van der Waals surface area contributed by atoms with Crippen LogP contribution in [0, 0.1) is 23.1 Å². The van der Waals surface area contributed by atoms with Crippen molar-refractivity contribution in [2.24, 2.45) is 5.92 Å². The Balaban J connectivity index is 1.61. The highest BCUT2D eigenvalue weighted by Gasteiger charge is 2.56. The summed E-state index contributed by atoms with van der Waals surface area (Å²) < 4.78 is 54.4. The van der Waals surface area contributed by atoms with Crippen LogP contribution in [0.3, 0.4) is 0 Å². The first-order valence-electron chi connectivity index (χ1n) is 14.7. The molecular weight excluding hydrogens is 594 g/mol. The zero-order valence-electron chi connectivity index (χ0n) is 25.4. The molecule has 0 saturated carbocycles. The lowest BCUT2D eigenvalue weighted by Gasteiger charge is -2.35. The van der Waals surface area contributed by atoms with E-state index >= 15 is 0 Å². The number of anilines is 1. The van der Waals surface area contributed by atoms with Crippen LogP contribution in [-0.2, 0) is 26.0 Å². The minimum absolute atomic E-state index is 0.0463. The molecule has 0 radical (unpaired) electrons. The first-order chi connectivity index (χ1) is 21.1. The molecule has 2 heterocycles. The second-order valence-electron chi connectivity index (χ2n) is 12.0. The third-order valence-electron chi connectivity index (χ3n) is 8.42. The smallest absolute Gasteiger partial charge is 0.340 e. The standard InChI is InChI=1S/C32H35F4N5O4/c1-5-8-25(38-27(42)21-12-11-19(33)14-23(21)32(34,35)36)28(43)40(4)26(13-18(2)3)29(44)41-17-31(15-20(41)16-37)22-9-6-7-10-24(22)39-30(31)45/h6-7,9-12,14,18,20,25-26H,5,8,13,15,17H2,1-4H3,(H,38,42)(H,39,45)/t20-,25-,26-,31-/m0/s1. The van der Waals surface area contributed by atoms with Crippen molar-refractivity contribution < 1.29 is 36.7 Å². The largest absolute Gasteiger partial charge is 0.417 e. The molecule has 1 fully saturated rings. The first kappa shape index (κ1) is 33.4. The summed E-state index contributed by atoms with van der Waals surface area (Å²) >= 11 is 0. The van der Waals surface area contributed by atoms with Gasteiger partial charge in [-0.05, 0) is 48.6 Å². The predicted molar refractivity (Wildman–Crippen MR) is 156 cm³/mol. The number of amides is 4. The molecule has 0 aromatic heterocycles. The van der Waals surface area contributed by atoms with E-state index in [4.69, 9.17) is 0 Å². The highest BCUT2D eigenvalue weighted by Crippen LogP contribution is 2.46. The molecule has 2 aliphatic heterocycles. The van der Waals surface area contributed by atoms with E-state index in [1.165, 1.54) is 11.9 Å². The molecule has 240 valence electrons. The Bertz CT molecular complexity index is 1540. The number of hydrogen-bond donors (Lipinski definition) is 2. The number of halogens is 4. The molecule has 4 atom stereocenters. The molecule has 2 aliphatic rings. The zero-order valence-corrected chi connectivity index (χ0v) is 25.4. The number of nitrogens with zero attached hydrogens (tertiary/aromatic N) is 3. The van der Waals surface area contributed by atoms with Gasteiger partial charge in [-0.15, -0.1) is 0 Å². The summed E-state index contributed by atoms with van der Waals surface area (Å²) in [4.78, 5) is 56.7. The molecule has 1 spiro atoms. The van der Waals surface area contributed by atoms with E-state index in [9.17, 15) is 42.0 Å². The number of carbonyl (C=O) groups is 4. The summed E-state index contributed by atoms with van der Waals surface area (Å²) in [5.41, 5.74) is -2.18. The normalized spacial score (nSPS) is 20.4. The highest BCUT2D eigenvalue weighted by atomic mass is 19.4. The second-order valence-corrected chi connectivity index (χ2v) is 12.0. The van der Waals surface area contributed by atoms with E-state index in [1.54, 1.807) is 31.2 Å². The maximum absolute atomic E-state index is 14.2. The van der Waals surface area contributed by atoms with Crippen molar-refractivity contribution >= 4 is 29.3 Å². The SMILES string of the molecule is CCC[C@H](NC(=O)c1ccc(F)cc1C(F)(F)F)C(=O)N(C)[C@@H](CC(C)C)C(=O)N1C[C@]2(C[C@H]1C#N)C(=O)Nc1ccccc12. The lowest BCUT2D eigenvalue weighted by molar-refractivity contribution is -0.146. The highest BCUT2D eigenvalue weighted by molar-refractivity contribution is 6.07. The molecule has 2 N–H and O–H groups in total. The van der Waals surface area contributed by atoms with Gasteiger partial charge in [0.25, 0.3) is 5.91 Å². The van der Waals surface area contributed by atoms with Crippen LogP contribution < -0.4 is 10.6 Å². The number of para-hydroxylation sites is 1. The summed E-state index contributed by atoms with van der Waals surface area (Å²) in [5.74, 6) is -4.09. The van der Waals surface area contributed by atoms with E-state index in [0.29, 0.717) is 23.7 Å². The van der Waals surface area contributed by atoms with Crippen LogP contribution >= 0.6 is 0 Å². The molecule has 0 aliphatic carbocycles. The predicted octanol–water partition coefficient (Wildman–Crippen LogP) is 4.63. The van der Waals surface area contributed by atoms with E-state index in [1.807, 2.05) is 13.8 Å². The number of hydrogen-bond acceptors (Lipinski definition) is 5. The van der Waals surface area contributed by atoms with Gasteiger partial charge < -0.3 is 20.4 Å². The van der Waals surface area contributed by atoms with Gasteiger partial charge in [0.1, 0.15) is 23.9 Å². The fourth-order valence-corrected chi connectivity index (χ4v) is 6.18. The van der Waals surface area contributed by atoms with Gasteiger partial charge in [-0.3, -0.25) is 19.2 Å². The van der Waals surface area contributed by atoms with Gasteiger partial charge in [0.15, 0.2) is 0 Å². The molecule has 45 heavy (non-hydrogen) atoms. The number of benzene rings is 2. The van der Waals surface area contributed by atoms with E-state index in [0.717, 1.165) is 11.0 Å². The molecule has 1 saturated heterocycles. The van der Waals surface area contributed by atoms with Crippen molar-refractivity contribution in [2.75, 3.05) is 18.9 Å². The van der Waals surface area contributed by atoms with Crippen molar-refractivity contribution in [1.82, 2.24) is 15.1 Å². The van der Waals surface area contributed by atoms with Gasteiger partial charge in [-0.1, -0.05) is 45.4 Å². The van der Waals surface area contributed by atoms with Gasteiger partial charge in [-0.25, -0.2) is 4.39 Å². The number of alkyl halides is 3. The van der Waals surface area contributed by atoms with Gasteiger partial charge in [0.05, 0.1) is 22.6 Å². The second kappa shape index (κ2) is 12.9. The molecular formula is C32H35F4N5O4. The average molecular weight is 630 g/mol. The number of carbonyl (C=O) groups excluding carboxylic acids is 4. The number of fused-ring (bicyclic) bond motifs is 2. The number of nitriles is 1. The Morgan fingerprint density at radius 1 is 1.20 bits per heavy atom. The topological polar surface area (TPSA) is 123 Å². The van der Waals surface area contributed by atoms with Crippen molar-refractivity contribution in [3.8, 4) is 6.07 Å². The fraction of sp³-hybridized carbons (Fsp3) is 0.469. The number of rotatable bonds is 9. The van der Waals surface area contributed by atoms with Gasteiger partial charge in [0.2, 0.25) is 17.7 Å². The van der Waals surface area contributed by atoms with Crippen LogP contribution in [0.2, 0.25) is 0 Å². The Morgan fingerprint density at radius 3 is 2.51 bits per heavy atom. The minimum atomic E-state index is -5.02. The summed E-state index contributed by atoms with van der Waals surface area (Å²) in [6, 6.07) is 7.47. The van der Waals surface area contributed by atoms with E-state index in [2.05, 4.69) is 16.7 Å². The quantitative estimate of drug-likeness (QED) is 0.392. The Hall–Kier alpha value is -4.47. The van der Waals surface area contributed by atoms with Crippen molar-refractivity contribution in [3.63, 3.8) is 0 Å². The maximum atomic E-state index is 14.2. The minimum Gasteiger partial charge on any atom is -0.340 e. The van der Waals surface area contributed by atoms with Crippen molar-refractivity contribution in [3.05, 3.63) is 65.0 Å². The average Bonchev–Trinajstić information content (AvgIpc) is 3.51. The lowest BCUT2D eigenvalue weighted by atomic mass is 9.80. The maximum Gasteiger partial charge on any atom is 0.417 e. The van der Waals surface area contributed by atoms with Crippen molar-refractivity contribution in [1.29, 1.82) is 5.26 Å². The first-order valence-corrected chi connectivity index (χ1v) is 14.7. The molecule has 4 rings (SSSR count). The Morgan fingerprint density at radius 2 is 1.89 bits per heavy atom. The van der Waals surface area contributed by atoms with Crippen LogP contribution in [0.4, 0.5) is 23.2 Å². The lowest BCUT2D eigenvalue weighted by Crippen LogP contribution is -2.56. The monoisotopic (exact) mass is 629 g/mol. The van der Waals surface area contributed by atoms with E-state index in [-0.39, 0.29) is 43.7 Å².